The molecule has 7 aromatic carbocycles. The van der Waals surface area contributed by atoms with Crippen LogP contribution in [-0.4, -0.2) is 0 Å². The Kier molecular flexibility index (Phi) is 6.32. The fourth-order valence-electron chi connectivity index (χ4n) is 8.45. The third-order valence-electron chi connectivity index (χ3n) is 10.9. The monoisotopic (exact) mass is 637 g/mol. The molecule has 0 saturated heterocycles. The van der Waals surface area contributed by atoms with Crippen LogP contribution < -0.4 is 4.90 Å². The van der Waals surface area contributed by atoms with Gasteiger partial charge in [0.05, 0.1) is 5.69 Å². The van der Waals surface area contributed by atoms with Gasteiger partial charge in [-0.05, 0) is 103 Å². The molecule has 0 saturated carbocycles. The summed E-state index contributed by atoms with van der Waals surface area (Å²) in [7, 11) is 0. The number of fused-ring (bicyclic) bond motifs is 7. The van der Waals surface area contributed by atoms with Crippen molar-refractivity contribution in [2.45, 2.75) is 38.5 Å². The lowest BCUT2D eigenvalue weighted by Gasteiger charge is -2.31. The topological polar surface area (TPSA) is 3.24 Å². The van der Waals surface area contributed by atoms with Crippen molar-refractivity contribution in [2.24, 2.45) is 0 Å². The maximum atomic E-state index is 6.29. The van der Waals surface area contributed by atoms with Gasteiger partial charge in [-0.1, -0.05) is 142 Å². The summed E-state index contributed by atoms with van der Waals surface area (Å²) in [6, 6.07) is 53.5. The zero-order valence-electron chi connectivity index (χ0n) is 27.7. The van der Waals surface area contributed by atoms with Crippen LogP contribution in [0.4, 0.5) is 17.1 Å². The normalized spacial score (nSPS) is 14.7. The third-order valence-corrected chi connectivity index (χ3v) is 11.2. The predicted molar refractivity (Wildman–Crippen MR) is 204 cm³/mol. The largest absolute Gasteiger partial charge is 0.310 e. The fraction of sp³-hybridized carbons (Fsp3) is 0.130. The Balaban J connectivity index is 1.29. The van der Waals surface area contributed by atoms with Crippen molar-refractivity contribution >= 4 is 39.4 Å². The first kappa shape index (κ1) is 29.1. The lowest BCUT2D eigenvalue weighted by molar-refractivity contribution is 0.660. The van der Waals surface area contributed by atoms with Crippen LogP contribution in [0.2, 0.25) is 5.02 Å². The highest BCUT2D eigenvalue weighted by atomic mass is 35.5. The molecule has 2 heteroatoms. The Labute approximate surface area is 288 Å². The summed E-state index contributed by atoms with van der Waals surface area (Å²) in [5.41, 5.74) is 16.5. The molecule has 9 rings (SSSR count). The molecular weight excluding hydrogens is 602 g/mol. The lowest BCUT2D eigenvalue weighted by atomic mass is 9.82. The second-order valence-electron chi connectivity index (χ2n) is 14.3. The maximum Gasteiger partial charge on any atom is 0.0540 e. The third kappa shape index (κ3) is 4.17. The minimum Gasteiger partial charge on any atom is -0.310 e. The van der Waals surface area contributed by atoms with Crippen LogP contribution in [-0.2, 0) is 10.8 Å². The van der Waals surface area contributed by atoms with Gasteiger partial charge in [0.15, 0.2) is 0 Å². The van der Waals surface area contributed by atoms with Gasteiger partial charge in [0, 0.05) is 32.6 Å². The van der Waals surface area contributed by atoms with E-state index in [0.717, 1.165) is 27.6 Å². The summed E-state index contributed by atoms with van der Waals surface area (Å²) in [5.74, 6) is 0. The first-order valence-corrected chi connectivity index (χ1v) is 17.2. The number of nitrogens with zero attached hydrogens (tertiary/aromatic N) is 1. The Morgan fingerprint density at radius 3 is 1.44 bits per heavy atom. The van der Waals surface area contributed by atoms with E-state index in [1.165, 1.54) is 60.8 Å². The van der Waals surface area contributed by atoms with Crippen LogP contribution in [0.5, 0.6) is 0 Å². The zero-order valence-corrected chi connectivity index (χ0v) is 28.4. The molecule has 0 unspecified atom stereocenters. The van der Waals surface area contributed by atoms with Gasteiger partial charge in [-0.2, -0.15) is 0 Å². The molecule has 232 valence electrons. The quantitative estimate of drug-likeness (QED) is 0.186. The Hall–Kier alpha value is -5.11. The molecular formula is C46H36ClN. The fourth-order valence-corrected chi connectivity index (χ4v) is 8.58. The van der Waals surface area contributed by atoms with Crippen LogP contribution in [0.25, 0.3) is 44.2 Å². The second kappa shape index (κ2) is 10.4. The Morgan fingerprint density at radius 2 is 0.875 bits per heavy atom. The van der Waals surface area contributed by atoms with E-state index < -0.39 is 0 Å². The van der Waals surface area contributed by atoms with Crippen LogP contribution in [0, 0.1) is 0 Å². The average Bonchev–Trinajstić information content (AvgIpc) is 3.48. The van der Waals surface area contributed by atoms with Crippen molar-refractivity contribution in [3.63, 3.8) is 0 Å². The van der Waals surface area contributed by atoms with Crippen molar-refractivity contribution in [1.29, 1.82) is 0 Å². The van der Waals surface area contributed by atoms with E-state index in [4.69, 9.17) is 11.6 Å². The summed E-state index contributed by atoms with van der Waals surface area (Å²) in [5, 5.41) is 3.16. The van der Waals surface area contributed by atoms with E-state index in [2.05, 4.69) is 166 Å². The van der Waals surface area contributed by atoms with Crippen molar-refractivity contribution < 1.29 is 0 Å². The molecule has 0 spiro atoms. The molecule has 0 fully saturated rings. The standard InChI is InChI=1S/C46H36ClN/c1-45(2)40-15-9-7-12-35(40)37-23-21-31(27-42(37)45)48(32-22-24-38-36-13-8-10-16-41(36)46(3,4)43(38)28-32)44-26-25-33(29-17-19-30(47)20-18-29)34-11-5-6-14-39(34)44/h5-28H,1-4H3. The molecule has 1 nitrogen and oxygen atoms in total. The number of hydrogen-bond acceptors (Lipinski definition) is 1. The van der Waals surface area contributed by atoms with E-state index in [1.807, 2.05) is 12.1 Å². The average molecular weight is 638 g/mol. The lowest BCUT2D eigenvalue weighted by Crippen LogP contribution is -2.18. The predicted octanol–water partition coefficient (Wildman–Crippen LogP) is 13.2. The van der Waals surface area contributed by atoms with E-state index >= 15 is 0 Å². The van der Waals surface area contributed by atoms with Crippen molar-refractivity contribution in [1.82, 2.24) is 0 Å². The molecule has 0 bridgehead atoms. The second-order valence-corrected chi connectivity index (χ2v) is 14.8. The molecule has 0 amide bonds. The maximum absolute atomic E-state index is 6.29. The summed E-state index contributed by atoms with van der Waals surface area (Å²) in [6.07, 6.45) is 0. The molecule has 7 aromatic rings. The molecule has 48 heavy (non-hydrogen) atoms. The molecule has 0 N–H and O–H groups in total. The molecule has 2 aliphatic rings. The van der Waals surface area contributed by atoms with E-state index in [9.17, 15) is 0 Å². The number of anilines is 3. The molecule has 0 radical (unpaired) electrons. The van der Waals surface area contributed by atoms with E-state index in [1.54, 1.807) is 0 Å². The van der Waals surface area contributed by atoms with Gasteiger partial charge in [0.25, 0.3) is 0 Å². The van der Waals surface area contributed by atoms with Crippen LogP contribution in [0.1, 0.15) is 49.9 Å². The van der Waals surface area contributed by atoms with Gasteiger partial charge in [0.2, 0.25) is 0 Å². The molecule has 2 aliphatic carbocycles. The van der Waals surface area contributed by atoms with Crippen molar-refractivity contribution in [3.05, 3.63) is 173 Å². The minimum atomic E-state index is -0.102. The highest BCUT2D eigenvalue weighted by Crippen LogP contribution is 2.53. The van der Waals surface area contributed by atoms with Crippen molar-refractivity contribution in [3.8, 4) is 33.4 Å². The number of benzene rings is 7. The van der Waals surface area contributed by atoms with Gasteiger partial charge in [0.1, 0.15) is 0 Å². The van der Waals surface area contributed by atoms with E-state index in [-0.39, 0.29) is 10.8 Å². The van der Waals surface area contributed by atoms with Gasteiger partial charge >= 0.3 is 0 Å². The summed E-state index contributed by atoms with van der Waals surface area (Å²) in [4.78, 5) is 2.48. The summed E-state index contributed by atoms with van der Waals surface area (Å²) >= 11 is 6.29. The Morgan fingerprint density at radius 1 is 0.417 bits per heavy atom. The highest BCUT2D eigenvalue weighted by Gasteiger charge is 2.37. The summed E-state index contributed by atoms with van der Waals surface area (Å²) < 4.78 is 0. The van der Waals surface area contributed by atoms with Gasteiger partial charge in [-0.15, -0.1) is 0 Å². The first-order valence-electron chi connectivity index (χ1n) is 16.8. The van der Waals surface area contributed by atoms with Crippen LogP contribution >= 0.6 is 11.6 Å². The molecule has 0 aliphatic heterocycles. The van der Waals surface area contributed by atoms with Gasteiger partial charge in [-0.3, -0.25) is 0 Å². The zero-order chi connectivity index (χ0) is 32.8. The summed E-state index contributed by atoms with van der Waals surface area (Å²) in [6.45, 7) is 9.43. The van der Waals surface area contributed by atoms with Gasteiger partial charge < -0.3 is 4.90 Å². The minimum absolute atomic E-state index is 0.102. The Bertz CT molecular complexity index is 2310. The molecule has 0 aromatic heterocycles. The number of halogens is 1. The van der Waals surface area contributed by atoms with Crippen molar-refractivity contribution in [2.75, 3.05) is 4.90 Å². The SMILES string of the molecule is CC1(C)c2ccccc2-c2ccc(N(c3ccc4c(c3)C(C)(C)c3ccccc3-4)c3ccc(-c4ccc(Cl)cc4)c4ccccc34)cc21. The first-order chi connectivity index (χ1) is 23.2. The van der Waals surface area contributed by atoms with Crippen LogP contribution in [0.3, 0.4) is 0 Å². The number of rotatable bonds is 4. The molecule has 0 atom stereocenters. The molecule has 0 heterocycles. The van der Waals surface area contributed by atoms with Crippen LogP contribution in [0.15, 0.2) is 146 Å². The smallest absolute Gasteiger partial charge is 0.0540 e. The number of hydrogen-bond donors (Lipinski definition) is 0. The highest BCUT2D eigenvalue weighted by molar-refractivity contribution is 6.30. The van der Waals surface area contributed by atoms with E-state index in [0.29, 0.717) is 0 Å². The van der Waals surface area contributed by atoms with Gasteiger partial charge in [-0.25, -0.2) is 0 Å².